The third-order valence-electron chi connectivity index (χ3n) is 5.15. The predicted octanol–water partition coefficient (Wildman–Crippen LogP) is 4.35. The first-order valence-corrected chi connectivity index (χ1v) is 10.5. The minimum Gasteiger partial charge on any atom is -0.490 e. The fraction of sp³-hybridized carbons (Fsp3) is 0.478. The van der Waals surface area contributed by atoms with E-state index in [4.69, 9.17) is 9.47 Å². The van der Waals surface area contributed by atoms with Crippen LogP contribution in [0.1, 0.15) is 68.4 Å². The molecule has 1 aromatic carbocycles. The number of esters is 1. The molecule has 0 radical (unpaired) electrons. The topological polar surface area (TPSA) is 94.6 Å². The van der Waals surface area contributed by atoms with E-state index in [1.165, 1.54) is 13.3 Å². The quantitative estimate of drug-likeness (QED) is 0.537. The minimum absolute atomic E-state index is 0.0810. The van der Waals surface area contributed by atoms with E-state index in [1.807, 2.05) is 18.2 Å². The molecule has 2 aromatic rings. The fourth-order valence-corrected chi connectivity index (χ4v) is 3.85. The zero-order chi connectivity index (χ0) is 21.7. The summed E-state index contributed by atoms with van der Waals surface area (Å²) < 4.78 is 11.5. The van der Waals surface area contributed by atoms with Crippen LogP contribution in [-0.2, 0) is 14.3 Å². The van der Waals surface area contributed by atoms with Crippen molar-refractivity contribution in [3.63, 3.8) is 0 Å². The Morgan fingerprint density at radius 2 is 1.90 bits per heavy atom. The number of carbonyl (C=O) groups excluding carboxylic acids is 3. The molecule has 1 heterocycles. The van der Waals surface area contributed by atoms with Crippen LogP contribution in [0.2, 0.25) is 0 Å². The van der Waals surface area contributed by atoms with Crippen LogP contribution in [0.4, 0.5) is 5.69 Å². The van der Waals surface area contributed by atoms with Crippen molar-refractivity contribution in [2.75, 3.05) is 11.9 Å². The number of rotatable bonds is 7. The number of hydrogen-bond donors (Lipinski definition) is 1. The molecule has 0 spiro atoms. The van der Waals surface area contributed by atoms with Gasteiger partial charge in [0.25, 0.3) is 0 Å². The molecule has 0 unspecified atom stereocenters. The highest BCUT2D eigenvalue weighted by molar-refractivity contribution is 6.14. The van der Waals surface area contributed by atoms with Gasteiger partial charge in [-0.3, -0.25) is 14.6 Å². The average Bonchev–Trinajstić information content (AvgIpc) is 2.68. The molecule has 0 atom stereocenters. The molecular weight excluding hydrogens is 384 g/mol. The zero-order valence-corrected chi connectivity index (χ0v) is 17.7. The van der Waals surface area contributed by atoms with E-state index in [1.54, 1.807) is 13.8 Å². The first kappa shape index (κ1) is 21.7. The van der Waals surface area contributed by atoms with Gasteiger partial charge in [0.1, 0.15) is 17.1 Å². The van der Waals surface area contributed by atoms with Crippen LogP contribution in [0.15, 0.2) is 18.2 Å². The highest BCUT2D eigenvalue weighted by Crippen LogP contribution is 2.37. The Bertz CT molecular complexity index is 964. The predicted molar refractivity (Wildman–Crippen MR) is 114 cm³/mol. The van der Waals surface area contributed by atoms with Crippen LogP contribution in [0, 0.1) is 6.92 Å². The number of carbonyl (C=O) groups is 3. The standard InChI is InChI=1S/C23H28N2O5/c1-4-29-23(28)20-15(3)24-17-11-8-12-18(30-16-9-6-5-7-10-16)21(17)22(20)25-19(27)13-14(2)26/h8,11-12,16H,4-7,9-10,13H2,1-3H3,(H,24,25,27). The van der Waals surface area contributed by atoms with E-state index in [9.17, 15) is 14.4 Å². The van der Waals surface area contributed by atoms with Gasteiger partial charge in [-0.1, -0.05) is 12.5 Å². The monoisotopic (exact) mass is 412 g/mol. The summed E-state index contributed by atoms with van der Waals surface area (Å²) in [4.78, 5) is 41.2. The van der Waals surface area contributed by atoms with Gasteiger partial charge in [-0.2, -0.15) is 0 Å². The smallest absolute Gasteiger partial charge is 0.342 e. The zero-order valence-electron chi connectivity index (χ0n) is 17.7. The molecule has 30 heavy (non-hydrogen) atoms. The van der Waals surface area contributed by atoms with Crippen LogP contribution < -0.4 is 10.1 Å². The highest BCUT2D eigenvalue weighted by atomic mass is 16.5. The Morgan fingerprint density at radius 3 is 2.57 bits per heavy atom. The molecule has 0 aliphatic heterocycles. The number of anilines is 1. The summed E-state index contributed by atoms with van der Waals surface area (Å²) in [6, 6.07) is 5.48. The van der Waals surface area contributed by atoms with Crippen molar-refractivity contribution >= 4 is 34.3 Å². The van der Waals surface area contributed by atoms with Crippen molar-refractivity contribution < 1.29 is 23.9 Å². The maximum atomic E-state index is 12.7. The molecule has 1 aliphatic rings. The lowest BCUT2D eigenvalue weighted by Crippen LogP contribution is -2.21. The molecule has 7 heteroatoms. The third kappa shape index (κ3) is 4.96. The lowest BCUT2D eigenvalue weighted by molar-refractivity contribution is -0.124. The normalized spacial score (nSPS) is 14.4. The third-order valence-corrected chi connectivity index (χ3v) is 5.15. The second-order valence-corrected chi connectivity index (χ2v) is 7.62. The van der Waals surface area contributed by atoms with Crippen LogP contribution in [0.3, 0.4) is 0 Å². The molecule has 1 aliphatic carbocycles. The van der Waals surface area contributed by atoms with E-state index < -0.39 is 11.9 Å². The molecule has 0 saturated heterocycles. The van der Waals surface area contributed by atoms with Crippen molar-refractivity contribution in [2.24, 2.45) is 0 Å². The summed E-state index contributed by atoms with van der Waals surface area (Å²) in [5.41, 5.74) is 1.51. The number of benzene rings is 1. The van der Waals surface area contributed by atoms with Crippen molar-refractivity contribution in [3.8, 4) is 5.75 Å². The maximum absolute atomic E-state index is 12.7. The van der Waals surface area contributed by atoms with Crippen molar-refractivity contribution in [2.45, 2.75) is 65.4 Å². The summed E-state index contributed by atoms with van der Waals surface area (Å²) in [7, 11) is 0. The van der Waals surface area contributed by atoms with Crippen LogP contribution in [-0.4, -0.2) is 35.4 Å². The maximum Gasteiger partial charge on any atom is 0.342 e. The van der Waals surface area contributed by atoms with Crippen molar-refractivity contribution in [3.05, 3.63) is 29.5 Å². The van der Waals surface area contributed by atoms with Gasteiger partial charge >= 0.3 is 5.97 Å². The Balaban J connectivity index is 2.15. The van der Waals surface area contributed by atoms with Gasteiger partial charge in [0.05, 0.1) is 41.4 Å². The number of nitrogens with zero attached hydrogens (tertiary/aromatic N) is 1. The van der Waals surface area contributed by atoms with E-state index in [2.05, 4.69) is 10.3 Å². The summed E-state index contributed by atoms with van der Waals surface area (Å²) in [5.74, 6) is -0.767. The second kappa shape index (κ2) is 9.69. The lowest BCUT2D eigenvalue weighted by Gasteiger charge is -2.25. The average molecular weight is 412 g/mol. The Kier molecular flexibility index (Phi) is 7.03. The van der Waals surface area contributed by atoms with Gasteiger partial charge in [-0.25, -0.2) is 4.79 Å². The first-order valence-electron chi connectivity index (χ1n) is 10.5. The van der Waals surface area contributed by atoms with Crippen LogP contribution >= 0.6 is 0 Å². The van der Waals surface area contributed by atoms with E-state index in [0.717, 1.165) is 25.7 Å². The number of aryl methyl sites for hydroxylation is 1. The number of ether oxygens (including phenoxy) is 2. The van der Waals surface area contributed by atoms with E-state index >= 15 is 0 Å². The molecule has 1 fully saturated rings. The second-order valence-electron chi connectivity index (χ2n) is 7.62. The molecule has 1 aromatic heterocycles. The van der Waals surface area contributed by atoms with Gasteiger partial charge in [0, 0.05) is 0 Å². The molecule has 7 nitrogen and oxygen atoms in total. The number of ketones is 1. The number of nitrogens with one attached hydrogen (secondary N) is 1. The lowest BCUT2D eigenvalue weighted by atomic mass is 9.97. The number of aromatic nitrogens is 1. The SMILES string of the molecule is CCOC(=O)c1c(C)nc2cccc(OC3CCCCC3)c2c1NC(=O)CC(C)=O. The molecular formula is C23H28N2O5. The Labute approximate surface area is 176 Å². The van der Waals surface area contributed by atoms with Gasteiger partial charge in [-0.05, 0) is 58.6 Å². The van der Waals surface area contributed by atoms with E-state index in [0.29, 0.717) is 22.3 Å². The minimum atomic E-state index is -0.574. The first-order chi connectivity index (χ1) is 14.4. The van der Waals surface area contributed by atoms with Crippen LogP contribution in [0.25, 0.3) is 10.9 Å². The summed E-state index contributed by atoms with van der Waals surface area (Å²) in [6.45, 7) is 4.95. The van der Waals surface area contributed by atoms with Crippen molar-refractivity contribution in [1.29, 1.82) is 0 Å². The number of Topliss-reactive ketones (excluding diaryl/α,β-unsaturated/α-hetero) is 1. The van der Waals surface area contributed by atoms with Gasteiger partial charge < -0.3 is 14.8 Å². The molecule has 1 amide bonds. The van der Waals surface area contributed by atoms with Gasteiger partial charge in [0.2, 0.25) is 5.91 Å². The Morgan fingerprint density at radius 1 is 1.17 bits per heavy atom. The van der Waals surface area contributed by atoms with E-state index in [-0.39, 0.29) is 36.2 Å². The summed E-state index contributed by atoms with van der Waals surface area (Å²) in [5, 5.41) is 3.31. The molecule has 160 valence electrons. The molecule has 3 rings (SSSR count). The molecule has 1 saturated carbocycles. The summed E-state index contributed by atoms with van der Waals surface area (Å²) in [6.07, 6.45) is 5.16. The number of fused-ring (bicyclic) bond motifs is 1. The Hall–Kier alpha value is -2.96. The number of amides is 1. The molecule has 0 bridgehead atoms. The highest BCUT2D eigenvalue weighted by Gasteiger charge is 2.25. The largest absolute Gasteiger partial charge is 0.490 e. The van der Waals surface area contributed by atoms with Crippen LogP contribution in [0.5, 0.6) is 5.75 Å². The van der Waals surface area contributed by atoms with Crippen molar-refractivity contribution in [1.82, 2.24) is 4.98 Å². The fourth-order valence-electron chi connectivity index (χ4n) is 3.85. The van der Waals surface area contributed by atoms with Gasteiger partial charge in [0.15, 0.2) is 0 Å². The number of hydrogen-bond acceptors (Lipinski definition) is 6. The number of pyridine rings is 1. The summed E-state index contributed by atoms with van der Waals surface area (Å²) >= 11 is 0. The van der Waals surface area contributed by atoms with Gasteiger partial charge in [-0.15, -0.1) is 0 Å². The molecule has 1 N–H and O–H groups in total.